The maximum Gasteiger partial charge on any atom is 0.268 e. The van der Waals surface area contributed by atoms with Gasteiger partial charge in [0.1, 0.15) is 5.52 Å². The molecule has 3 aromatic heterocycles. The van der Waals surface area contributed by atoms with Crippen molar-refractivity contribution in [1.82, 2.24) is 24.1 Å². The number of nitrogens with one attached hydrogen (secondary N) is 1. The number of hydrogen-bond acceptors (Lipinski definition) is 8. The molecule has 0 spiro atoms. The Balaban J connectivity index is 1.54. The van der Waals surface area contributed by atoms with Crippen LogP contribution in [-0.4, -0.2) is 64.7 Å². The zero-order valence-electron chi connectivity index (χ0n) is 16.5. The van der Waals surface area contributed by atoms with Crippen LogP contribution in [0, 0.1) is 0 Å². The highest BCUT2D eigenvalue weighted by Crippen LogP contribution is 2.29. The van der Waals surface area contributed by atoms with Crippen molar-refractivity contribution in [2.45, 2.75) is 4.90 Å². The lowest BCUT2D eigenvalue weighted by Gasteiger charge is -2.26. The first-order valence-corrected chi connectivity index (χ1v) is 11.8. The van der Waals surface area contributed by atoms with Crippen molar-refractivity contribution in [3.63, 3.8) is 0 Å². The molecule has 1 fully saturated rings. The summed E-state index contributed by atoms with van der Waals surface area (Å²) in [7, 11) is -1.84. The van der Waals surface area contributed by atoms with Crippen LogP contribution >= 0.6 is 11.3 Å². The van der Waals surface area contributed by atoms with E-state index < -0.39 is 10.0 Å². The summed E-state index contributed by atoms with van der Waals surface area (Å²) in [6, 6.07) is 8.41. The molecule has 1 aliphatic rings. The van der Waals surface area contributed by atoms with Gasteiger partial charge in [0.15, 0.2) is 5.65 Å². The van der Waals surface area contributed by atoms with E-state index in [1.165, 1.54) is 15.6 Å². The number of benzene rings is 1. The molecule has 0 bridgehead atoms. The first-order chi connectivity index (χ1) is 14.9. The number of aromatic nitrogens is 4. The number of morpholine rings is 1. The van der Waals surface area contributed by atoms with Crippen molar-refractivity contribution in [1.29, 1.82) is 0 Å². The molecule has 1 saturated heterocycles. The fraction of sp³-hybridized carbons (Fsp3) is 0.263. The summed E-state index contributed by atoms with van der Waals surface area (Å²) in [5.41, 5.74) is 1.72. The van der Waals surface area contributed by atoms with Gasteiger partial charge in [0.05, 0.1) is 28.5 Å². The highest BCUT2D eigenvalue weighted by atomic mass is 32.2. The molecule has 0 aliphatic carbocycles. The number of carbonyl (C=O) groups excluding carboxylic acids is 1. The third kappa shape index (κ3) is 3.47. The van der Waals surface area contributed by atoms with Crippen molar-refractivity contribution in [3.8, 4) is 0 Å². The molecule has 0 atom stereocenters. The van der Waals surface area contributed by atoms with Crippen molar-refractivity contribution in [2.75, 3.05) is 31.6 Å². The molecule has 5 rings (SSSR count). The van der Waals surface area contributed by atoms with Crippen molar-refractivity contribution >= 4 is 55.3 Å². The average molecular weight is 459 g/mol. The van der Waals surface area contributed by atoms with Gasteiger partial charge in [-0.15, -0.1) is 21.5 Å². The van der Waals surface area contributed by atoms with Crippen LogP contribution in [0.15, 0.2) is 40.6 Å². The van der Waals surface area contributed by atoms with Gasteiger partial charge in [0.2, 0.25) is 10.0 Å². The van der Waals surface area contributed by atoms with Crippen LogP contribution in [0.5, 0.6) is 0 Å². The third-order valence-corrected chi connectivity index (χ3v) is 7.91. The molecule has 31 heavy (non-hydrogen) atoms. The number of anilines is 1. The fourth-order valence-corrected chi connectivity index (χ4v) is 5.61. The smallest absolute Gasteiger partial charge is 0.268 e. The van der Waals surface area contributed by atoms with Gasteiger partial charge in [-0.25, -0.2) is 8.42 Å². The maximum absolute atomic E-state index is 13.0. The SMILES string of the molecule is Cn1c2ccc(S(=O)(=O)N3CCOCC3)cc2c2nnc(NC(=O)c3cccs3)nc21. The Hall–Kier alpha value is -2.93. The third-order valence-electron chi connectivity index (χ3n) is 5.15. The van der Waals surface area contributed by atoms with E-state index in [2.05, 4.69) is 20.5 Å². The van der Waals surface area contributed by atoms with Gasteiger partial charge in [-0.3, -0.25) is 10.1 Å². The number of nitrogens with zero attached hydrogens (tertiary/aromatic N) is 5. The topological polar surface area (TPSA) is 119 Å². The van der Waals surface area contributed by atoms with E-state index in [4.69, 9.17) is 4.74 Å². The normalized spacial score (nSPS) is 15.5. The minimum absolute atomic E-state index is 0.0815. The van der Waals surface area contributed by atoms with Gasteiger partial charge in [0, 0.05) is 25.5 Å². The number of hydrogen-bond donors (Lipinski definition) is 1. The highest BCUT2D eigenvalue weighted by Gasteiger charge is 2.27. The predicted octanol–water partition coefficient (Wildman–Crippen LogP) is 1.85. The maximum atomic E-state index is 13.0. The largest absolute Gasteiger partial charge is 0.379 e. The molecule has 1 aliphatic heterocycles. The number of ether oxygens (including phenoxy) is 1. The van der Waals surface area contributed by atoms with Gasteiger partial charge in [-0.2, -0.15) is 9.29 Å². The van der Waals surface area contributed by atoms with Crippen LogP contribution in [0.2, 0.25) is 0 Å². The molecule has 4 heterocycles. The molecule has 12 heteroatoms. The molecule has 0 radical (unpaired) electrons. The van der Waals surface area contributed by atoms with Gasteiger partial charge in [-0.1, -0.05) is 6.07 Å². The van der Waals surface area contributed by atoms with Crippen LogP contribution in [0.3, 0.4) is 0 Å². The molecular formula is C19H18N6O4S2. The second-order valence-electron chi connectivity index (χ2n) is 6.99. The summed E-state index contributed by atoms with van der Waals surface area (Å²) in [4.78, 5) is 17.4. The number of thiophene rings is 1. The lowest BCUT2D eigenvalue weighted by Crippen LogP contribution is -2.40. The zero-order chi connectivity index (χ0) is 21.6. The Labute approximate surface area is 181 Å². The average Bonchev–Trinajstić information content (AvgIpc) is 3.42. The van der Waals surface area contributed by atoms with E-state index in [0.29, 0.717) is 47.7 Å². The van der Waals surface area contributed by atoms with Crippen LogP contribution < -0.4 is 5.32 Å². The monoisotopic (exact) mass is 458 g/mol. The summed E-state index contributed by atoms with van der Waals surface area (Å²) in [5, 5.41) is 13.3. The molecule has 10 nitrogen and oxygen atoms in total. The van der Waals surface area contributed by atoms with Crippen molar-refractivity contribution in [2.24, 2.45) is 7.05 Å². The minimum atomic E-state index is -3.64. The summed E-state index contributed by atoms with van der Waals surface area (Å²) < 4.78 is 34.5. The Kier molecular flexibility index (Phi) is 4.93. The second kappa shape index (κ2) is 7.64. The van der Waals surface area contributed by atoms with Crippen LogP contribution in [0.25, 0.3) is 22.1 Å². The van der Waals surface area contributed by atoms with Gasteiger partial charge >= 0.3 is 0 Å². The predicted molar refractivity (Wildman–Crippen MR) is 116 cm³/mol. The minimum Gasteiger partial charge on any atom is -0.379 e. The van der Waals surface area contributed by atoms with Crippen molar-refractivity contribution < 1.29 is 17.9 Å². The van der Waals surface area contributed by atoms with Gasteiger partial charge in [-0.05, 0) is 29.6 Å². The van der Waals surface area contributed by atoms with Gasteiger partial charge < -0.3 is 9.30 Å². The molecule has 4 aromatic rings. The molecule has 160 valence electrons. The number of amides is 1. The van der Waals surface area contributed by atoms with Crippen molar-refractivity contribution in [3.05, 3.63) is 40.6 Å². The Morgan fingerprint density at radius 1 is 1.19 bits per heavy atom. The number of sulfonamides is 1. The van der Waals surface area contributed by atoms with E-state index in [0.717, 1.165) is 5.52 Å². The Bertz CT molecular complexity index is 1390. The first kappa shape index (κ1) is 20.0. The lowest BCUT2D eigenvalue weighted by molar-refractivity contribution is 0.0730. The molecule has 0 saturated carbocycles. The van der Waals surface area contributed by atoms with E-state index in [1.807, 2.05) is 5.38 Å². The summed E-state index contributed by atoms with van der Waals surface area (Å²) in [5.74, 6) is -0.230. The van der Waals surface area contributed by atoms with Crippen LogP contribution in [0.1, 0.15) is 9.67 Å². The zero-order valence-corrected chi connectivity index (χ0v) is 18.1. The summed E-state index contributed by atoms with van der Waals surface area (Å²) in [6.45, 7) is 1.41. The number of carbonyl (C=O) groups is 1. The standard InChI is InChI=1S/C19H18N6O4S2/c1-24-14-5-4-12(31(27,28)25-6-8-29-9-7-25)11-13(14)16-17(24)20-19(23-22-16)21-18(26)15-3-2-10-30-15/h2-5,10-11H,6-9H2,1H3,(H,20,21,23,26). The quantitative estimate of drug-likeness (QED) is 0.496. The number of fused-ring (bicyclic) bond motifs is 3. The molecule has 1 amide bonds. The van der Waals surface area contributed by atoms with E-state index in [9.17, 15) is 13.2 Å². The number of rotatable bonds is 4. The Morgan fingerprint density at radius 2 is 2.00 bits per heavy atom. The van der Waals surface area contributed by atoms with E-state index in [-0.39, 0.29) is 16.8 Å². The van der Waals surface area contributed by atoms with Crippen LogP contribution in [0.4, 0.5) is 5.95 Å². The van der Waals surface area contributed by atoms with Crippen LogP contribution in [-0.2, 0) is 21.8 Å². The number of aryl methyl sites for hydroxylation is 1. The first-order valence-electron chi connectivity index (χ1n) is 9.51. The van der Waals surface area contributed by atoms with Gasteiger partial charge in [0.25, 0.3) is 11.9 Å². The molecule has 1 N–H and O–H groups in total. The van der Waals surface area contributed by atoms with E-state index >= 15 is 0 Å². The highest BCUT2D eigenvalue weighted by molar-refractivity contribution is 7.89. The fourth-order valence-electron chi connectivity index (χ4n) is 3.56. The Morgan fingerprint density at radius 3 is 2.74 bits per heavy atom. The lowest BCUT2D eigenvalue weighted by atomic mass is 10.2. The molecular weight excluding hydrogens is 440 g/mol. The summed E-state index contributed by atoms with van der Waals surface area (Å²) in [6.07, 6.45) is 0. The van der Waals surface area contributed by atoms with E-state index in [1.54, 1.807) is 41.9 Å². The molecule has 0 unspecified atom stereocenters. The second-order valence-corrected chi connectivity index (χ2v) is 9.88. The summed E-state index contributed by atoms with van der Waals surface area (Å²) >= 11 is 1.31. The molecule has 1 aromatic carbocycles.